The van der Waals surface area contributed by atoms with E-state index in [1.807, 2.05) is 0 Å². The zero-order chi connectivity index (χ0) is 16.8. The number of nitrogens with one attached hydrogen (secondary N) is 1. The molecule has 0 saturated heterocycles. The molecule has 0 amide bonds. The molecule has 0 aliphatic carbocycles. The van der Waals surface area contributed by atoms with Crippen LogP contribution in [0.4, 0.5) is 5.69 Å². The van der Waals surface area contributed by atoms with E-state index in [9.17, 15) is 16.8 Å². The summed E-state index contributed by atoms with van der Waals surface area (Å²) in [6.45, 7) is 0. The molecule has 2 heterocycles. The first-order valence-electron chi connectivity index (χ1n) is 6.09. The Morgan fingerprint density at radius 1 is 1.26 bits per heavy atom. The van der Waals surface area contributed by atoms with Gasteiger partial charge in [-0.2, -0.15) is 0 Å². The molecule has 12 heteroatoms. The minimum Gasteiger partial charge on any atom is -0.284 e. The van der Waals surface area contributed by atoms with Crippen LogP contribution in [0, 0.1) is 0 Å². The van der Waals surface area contributed by atoms with Crippen LogP contribution in [0.25, 0.3) is 16.2 Å². The van der Waals surface area contributed by atoms with E-state index < -0.39 is 20.0 Å². The average molecular weight is 373 g/mol. The summed E-state index contributed by atoms with van der Waals surface area (Å²) < 4.78 is 48.8. The van der Waals surface area contributed by atoms with Gasteiger partial charge in [0.2, 0.25) is 19.3 Å². The Morgan fingerprint density at radius 3 is 2.65 bits per heavy atom. The van der Waals surface area contributed by atoms with Crippen LogP contribution in [0.5, 0.6) is 0 Å². The monoisotopic (exact) mass is 373 g/mol. The molecule has 0 saturated carbocycles. The Hall–Kier alpha value is -2.02. The summed E-state index contributed by atoms with van der Waals surface area (Å²) in [4.78, 5) is 4.46. The Balaban J connectivity index is 2.10. The predicted octanol–water partition coefficient (Wildman–Crippen LogP) is 0.477. The number of fused-ring (bicyclic) bond motifs is 1. The summed E-state index contributed by atoms with van der Waals surface area (Å²) in [5.74, 6) is 0. The van der Waals surface area contributed by atoms with Crippen LogP contribution in [-0.4, -0.2) is 37.7 Å². The normalized spacial score (nSPS) is 12.6. The van der Waals surface area contributed by atoms with E-state index in [1.54, 1.807) is 24.3 Å². The maximum Gasteiger partial charge on any atom is 0.267 e. The van der Waals surface area contributed by atoms with Crippen molar-refractivity contribution in [2.45, 2.75) is 4.34 Å². The SMILES string of the molecule is CS(=O)(=O)Nc1cccc(-c2cnc3sc(S(N)(=O)=O)nn23)c1. The summed E-state index contributed by atoms with van der Waals surface area (Å²) in [5.41, 5.74) is 1.52. The number of sulfonamides is 2. The highest BCUT2D eigenvalue weighted by atomic mass is 32.2. The van der Waals surface area contributed by atoms with Crippen molar-refractivity contribution in [1.82, 2.24) is 14.6 Å². The number of primary sulfonamides is 1. The number of hydrogen-bond donors (Lipinski definition) is 2. The van der Waals surface area contributed by atoms with Crippen molar-refractivity contribution >= 4 is 42.0 Å². The second kappa shape index (κ2) is 5.26. The van der Waals surface area contributed by atoms with E-state index in [2.05, 4.69) is 14.8 Å². The maximum absolute atomic E-state index is 11.4. The van der Waals surface area contributed by atoms with Crippen LogP contribution < -0.4 is 9.86 Å². The molecule has 0 aliphatic heterocycles. The number of hydrogen-bond acceptors (Lipinski definition) is 7. The Bertz CT molecular complexity index is 1100. The van der Waals surface area contributed by atoms with Crippen LogP contribution in [-0.2, 0) is 20.0 Å². The Kier molecular flexibility index (Phi) is 3.63. The van der Waals surface area contributed by atoms with Gasteiger partial charge in [0.25, 0.3) is 10.0 Å². The fourth-order valence-electron chi connectivity index (χ4n) is 1.94. The zero-order valence-corrected chi connectivity index (χ0v) is 14.1. The molecule has 9 nitrogen and oxygen atoms in total. The minimum absolute atomic E-state index is 0.243. The molecule has 0 spiro atoms. The first-order chi connectivity index (χ1) is 10.6. The van der Waals surface area contributed by atoms with Gasteiger partial charge in [0.15, 0.2) is 0 Å². The summed E-state index contributed by atoms with van der Waals surface area (Å²) in [6, 6.07) is 6.59. The molecule has 1 aromatic carbocycles. The van der Waals surface area contributed by atoms with Crippen LogP contribution in [0.2, 0.25) is 0 Å². The summed E-state index contributed by atoms with van der Waals surface area (Å²) in [5, 5.41) is 9.01. The molecule has 3 N–H and O–H groups in total. The van der Waals surface area contributed by atoms with Gasteiger partial charge in [0.05, 0.1) is 18.1 Å². The van der Waals surface area contributed by atoms with Crippen molar-refractivity contribution in [2.24, 2.45) is 5.14 Å². The van der Waals surface area contributed by atoms with Gasteiger partial charge in [0, 0.05) is 11.3 Å². The number of rotatable bonds is 4. The van der Waals surface area contributed by atoms with E-state index in [0.29, 0.717) is 21.9 Å². The van der Waals surface area contributed by atoms with Crippen LogP contribution in [0.3, 0.4) is 0 Å². The lowest BCUT2D eigenvalue weighted by Gasteiger charge is -2.05. The van der Waals surface area contributed by atoms with Gasteiger partial charge in [-0.15, -0.1) is 5.10 Å². The number of nitrogens with two attached hydrogens (primary N) is 1. The molecule has 2 aromatic heterocycles. The molecule has 0 unspecified atom stereocenters. The molecule has 0 aliphatic rings. The van der Waals surface area contributed by atoms with Crippen LogP contribution in [0.15, 0.2) is 34.8 Å². The molecule has 0 radical (unpaired) electrons. The molecule has 0 atom stereocenters. The third kappa shape index (κ3) is 3.34. The van der Waals surface area contributed by atoms with E-state index in [-0.39, 0.29) is 4.34 Å². The molecule has 122 valence electrons. The highest BCUT2D eigenvalue weighted by Gasteiger charge is 2.18. The van der Waals surface area contributed by atoms with Crippen LogP contribution >= 0.6 is 11.3 Å². The fourth-order valence-corrected chi connectivity index (χ4v) is 3.99. The molecule has 0 bridgehead atoms. The van der Waals surface area contributed by atoms with Gasteiger partial charge in [-0.05, 0) is 12.1 Å². The maximum atomic E-state index is 11.4. The highest BCUT2D eigenvalue weighted by molar-refractivity contribution is 7.92. The molecular formula is C11H11N5O4S3. The van der Waals surface area contributed by atoms with Gasteiger partial charge in [-0.1, -0.05) is 23.5 Å². The van der Waals surface area contributed by atoms with Crippen molar-refractivity contribution in [3.05, 3.63) is 30.5 Å². The van der Waals surface area contributed by atoms with E-state index in [4.69, 9.17) is 5.14 Å². The van der Waals surface area contributed by atoms with Crippen molar-refractivity contribution in [1.29, 1.82) is 0 Å². The van der Waals surface area contributed by atoms with E-state index in [1.165, 1.54) is 10.7 Å². The van der Waals surface area contributed by atoms with Crippen molar-refractivity contribution < 1.29 is 16.8 Å². The molecule has 3 rings (SSSR count). The zero-order valence-electron chi connectivity index (χ0n) is 11.7. The summed E-state index contributed by atoms with van der Waals surface area (Å²) in [7, 11) is -7.31. The third-order valence-electron chi connectivity index (χ3n) is 2.77. The smallest absolute Gasteiger partial charge is 0.267 e. The standard InChI is InChI=1S/C11H11N5O4S3/c1-22(17,18)15-8-4-2-3-7(5-8)9-6-13-10-16(9)14-11(21-10)23(12,19)20/h2-6,15H,1H3,(H2,12,19,20). The lowest BCUT2D eigenvalue weighted by atomic mass is 10.1. The number of imidazole rings is 1. The number of anilines is 1. The van der Waals surface area contributed by atoms with Crippen molar-refractivity contribution in [2.75, 3.05) is 11.0 Å². The van der Waals surface area contributed by atoms with Crippen molar-refractivity contribution in [3.63, 3.8) is 0 Å². The quantitative estimate of drug-likeness (QED) is 0.682. The van der Waals surface area contributed by atoms with E-state index in [0.717, 1.165) is 17.6 Å². The largest absolute Gasteiger partial charge is 0.284 e. The third-order valence-corrected chi connectivity index (χ3v) is 5.61. The minimum atomic E-state index is -3.91. The first-order valence-corrected chi connectivity index (χ1v) is 10.3. The van der Waals surface area contributed by atoms with Gasteiger partial charge in [-0.25, -0.2) is 31.5 Å². The van der Waals surface area contributed by atoms with Gasteiger partial charge in [0.1, 0.15) is 0 Å². The lowest BCUT2D eigenvalue weighted by Crippen LogP contribution is -2.12. The fraction of sp³-hybridized carbons (Fsp3) is 0.0909. The second-order valence-electron chi connectivity index (χ2n) is 4.71. The highest BCUT2D eigenvalue weighted by Crippen LogP contribution is 2.27. The number of aromatic nitrogens is 3. The van der Waals surface area contributed by atoms with Crippen molar-refractivity contribution in [3.8, 4) is 11.3 Å². The topological polar surface area (TPSA) is 137 Å². The van der Waals surface area contributed by atoms with Crippen LogP contribution in [0.1, 0.15) is 0 Å². The average Bonchev–Trinajstić information content (AvgIpc) is 2.95. The van der Waals surface area contributed by atoms with E-state index >= 15 is 0 Å². The predicted molar refractivity (Wildman–Crippen MR) is 86.1 cm³/mol. The first kappa shape index (κ1) is 15.9. The summed E-state index contributed by atoms with van der Waals surface area (Å²) >= 11 is 0.850. The Morgan fingerprint density at radius 2 is 2.00 bits per heavy atom. The molecule has 0 fully saturated rings. The Labute approximate surface area is 135 Å². The summed E-state index contributed by atoms with van der Waals surface area (Å²) in [6.07, 6.45) is 2.57. The molecule has 3 aromatic rings. The molecular weight excluding hydrogens is 362 g/mol. The molecule has 23 heavy (non-hydrogen) atoms. The number of nitrogens with zero attached hydrogens (tertiary/aromatic N) is 3. The number of benzene rings is 1. The van der Waals surface area contributed by atoms with Gasteiger partial charge in [-0.3, -0.25) is 4.72 Å². The van der Waals surface area contributed by atoms with Gasteiger partial charge >= 0.3 is 0 Å². The second-order valence-corrected chi connectivity index (χ2v) is 9.15. The van der Waals surface area contributed by atoms with Gasteiger partial charge < -0.3 is 0 Å². The lowest BCUT2D eigenvalue weighted by molar-refractivity contribution is 0.594.